The molecule has 1 aromatic rings. The van der Waals surface area contributed by atoms with Gasteiger partial charge in [0.05, 0.1) is 37.9 Å². The number of nitrogens with one attached hydrogen (secondary N) is 1. The van der Waals surface area contributed by atoms with Crippen LogP contribution in [0.25, 0.3) is 0 Å². The van der Waals surface area contributed by atoms with Crippen LogP contribution in [0.5, 0.6) is 11.5 Å². The van der Waals surface area contributed by atoms with E-state index in [1.165, 1.54) is 32.7 Å². The summed E-state index contributed by atoms with van der Waals surface area (Å²) in [5, 5.41) is 12.6. The smallest absolute Gasteiger partial charge is 0.336 e. The first-order valence-corrected chi connectivity index (χ1v) is 7.32. The van der Waals surface area contributed by atoms with E-state index in [-0.39, 0.29) is 22.6 Å². The molecule has 0 saturated heterocycles. The van der Waals surface area contributed by atoms with Gasteiger partial charge in [-0.15, -0.1) is 0 Å². The predicted molar refractivity (Wildman–Crippen MR) is 85.4 cm³/mol. The van der Waals surface area contributed by atoms with Crippen LogP contribution in [0.3, 0.4) is 0 Å². The number of aromatic hydroxyl groups is 1. The van der Waals surface area contributed by atoms with Gasteiger partial charge in [0.15, 0.2) is 11.5 Å². The van der Waals surface area contributed by atoms with Gasteiger partial charge in [0.1, 0.15) is 0 Å². The van der Waals surface area contributed by atoms with Gasteiger partial charge < -0.3 is 24.6 Å². The van der Waals surface area contributed by atoms with E-state index in [2.05, 4.69) is 5.32 Å². The number of carbonyl (C=O) groups excluding carboxylic acids is 2. The minimum atomic E-state index is -0.703. The molecule has 128 valence electrons. The van der Waals surface area contributed by atoms with Gasteiger partial charge in [-0.1, -0.05) is 6.07 Å². The Morgan fingerprint density at radius 3 is 2.21 bits per heavy atom. The molecule has 0 saturated carbocycles. The van der Waals surface area contributed by atoms with E-state index in [0.29, 0.717) is 12.2 Å². The average Bonchev–Trinajstić information content (AvgIpc) is 2.61. The molecule has 0 unspecified atom stereocenters. The molecule has 0 radical (unpaired) electrons. The summed E-state index contributed by atoms with van der Waals surface area (Å²) in [5.41, 5.74) is 1.08. The first-order chi connectivity index (χ1) is 11.5. The van der Waals surface area contributed by atoms with Crippen LogP contribution in [0.4, 0.5) is 0 Å². The van der Waals surface area contributed by atoms with Crippen molar-refractivity contribution in [1.82, 2.24) is 5.32 Å². The summed E-state index contributed by atoms with van der Waals surface area (Å²) in [6.07, 6.45) is 2.94. The fourth-order valence-electron chi connectivity index (χ4n) is 2.49. The van der Waals surface area contributed by atoms with Gasteiger partial charge in [-0.05, 0) is 24.6 Å². The summed E-state index contributed by atoms with van der Waals surface area (Å²) >= 11 is 0. The molecule has 0 spiro atoms. The van der Waals surface area contributed by atoms with Gasteiger partial charge >= 0.3 is 11.9 Å². The number of hydrogen-bond donors (Lipinski definition) is 2. The van der Waals surface area contributed by atoms with Crippen LogP contribution in [0.15, 0.2) is 41.7 Å². The molecule has 24 heavy (non-hydrogen) atoms. The molecule has 1 aliphatic heterocycles. The maximum atomic E-state index is 12.1. The molecular weight excluding hydrogens is 314 g/mol. The van der Waals surface area contributed by atoms with Crippen LogP contribution >= 0.6 is 0 Å². The minimum absolute atomic E-state index is 0.0262. The molecule has 1 aromatic carbocycles. The number of ether oxygens (including phenoxy) is 3. The molecule has 2 rings (SSSR count). The van der Waals surface area contributed by atoms with Crippen molar-refractivity contribution < 1.29 is 28.9 Å². The van der Waals surface area contributed by atoms with E-state index in [0.717, 1.165) is 0 Å². The maximum Gasteiger partial charge on any atom is 0.336 e. The number of rotatable bonds is 5. The van der Waals surface area contributed by atoms with Crippen LogP contribution in [0.1, 0.15) is 18.4 Å². The van der Waals surface area contributed by atoms with E-state index in [1.54, 1.807) is 19.1 Å². The van der Waals surface area contributed by atoms with Crippen molar-refractivity contribution in [1.29, 1.82) is 0 Å². The second kappa shape index (κ2) is 7.54. The van der Waals surface area contributed by atoms with Crippen LogP contribution in [0.2, 0.25) is 0 Å². The summed E-state index contributed by atoms with van der Waals surface area (Å²) in [6.45, 7) is 2.15. The Bertz CT molecular complexity index is 675. The molecule has 0 fully saturated rings. The molecule has 7 heteroatoms. The third-order valence-corrected chi connectivity index (χ3v) is 3.56. The number of phenolic OH excluding ortho intramolecular Hbond substituents is 1. The highest BCUT2D eigenvalue weighted by atomic mass is 16.5. The molecule has 2 N–H and O–H groups in total. The summed E-state index contributed by atoms with van der Waals surface area (Å²) in [4.78, 5) is 24.2. The quantitative estimate of drug-likeness (QED) is 0.790. The fraction of sp³-hybridized carbons (Fsp3) is 0.294. The Labute approximate surface area is 139 Å². The number of carbonyl (C=O) groups is 2. The van der Waals surface area contributed by atoms with Crippen molar-refractivity contribution in [3.05, 3.63) is 47.3 Å². The van der Waals surface area contributed by atoms with E-state index in [9.17, 15) is 14.7 Å². The van der Waals surface area contributed by atoms with E-state index < -0.39 is 17.9 Å². The van der Waals surface area contributed by atoms with Crippen LogP contribution < -0.4 is 10.1 Å². The second-order valence-corrected chi connectivity index (χ2v) is 4.94. The molecule has 1 heterocycles. The Hall–Kier alpha value is -2.96. The average molecular weight is 333 g/mol. The number of dihydropyridines is 1. The fourth-order valence-corrected chi connectivity index (χ4v) is 2.49. The largest absolute Gasteiger partial charge is 0.504 e. The monoisotopic (exact) mass is 333 g/mol. The van der Waals surface area contributed by atoms with Crippen molar-refractivity contribution in [2.45, 2.75) is 12.8 Å². The van der Waals surface area contributed by atoms with Crippen molar-refractivity contribution in [3.63, 3.8) is 0 Å². The molecule has 0 atom stereocenters. The lowest BCUT2D eigenvalue weighted by molar-refractivity contribution is -0.137. The van der Waals surface area contributed by atoms with Crippen molar-refractivity contribution in [2.75, 3.05) is 20.8 Å². The highest BCUT2D eigenvalue weighted by Gasteiger charge is 2.33. The molecule has 7 nitrogen and oxygen atoms in total. The molecule has 1 aliphatic rings. The zero-order chi connectivity index (χ0) is 17.7. The van der Waals surface area contributed by atoms with Gasteiger partial charge in [0.25, 0.3) is 0 Å². The number of methoxy groups -OCH3 is 2. The van der Waals surface area contributed by atoms with E-state index in [1.807, 2.05) is 0 Å². The molecule has 0 aliphatic carbocycles. The van der Waals surface area contributed by atoms with Crippen LogP contribution in [0, 0.1) is 0 Å². The topological polar surface area (TPSA) is 94.1 Å². The van der Waals surface area contributed by atoms with Crippen LogP contribution in [-0.4, -0.2) is 37.9 Å². The SMILES string of the molecule is CCOc1cc(C2C(C(=O)OC)=CNC=C2C(=O)OC)ccc1O. The van der Waals surface area contributed by atoms with Crippen LogP contribution in [-0.2, 0) is 19.1 Å². The lowest BCUT2D eigenvalue weighted by Crippen LogP contribution is -2.26. The summed E-state index contributed by atoms with van der Waals surface area (Å²) in [6, 6.07) is 4.65. The number of esters is 2. The Balaban J connectivity index is 2.54. The second-order valence-electron chi connectivity index (χ2n) is 4.94. The van der Waals surface area contributed by atoms with E-state index in [4.69, 9.17) is 14.2 Å². The minimum Gasteiger partial charge on any atom is -0.504 e. The zero-order valence-corrected chi connectivity index (χ0v) is 13.7. The number of hydrogen-bond acceptors (Lipinski definition) is 7. The Morgan fingerprint density at radius 2 is 1.71 bits per heavy atom. The summed E-state index contributed by atoms with van der Waals surface area (Å²) in [5.74, 6) is -1.62. The highest BCUT2D eigenvalue weighted by Crippen LogP contribution is 2.38. The normalized spacial score (nSPS) is 14.1. The van der Waals surface area contributed by atoms with Gasteiger partial charge in [0.2, 0.25) is 0 Å². The van der Waals surface area contributed by atoms with E-state index >= 15 is 0 Å². The first kappa shape index (κ1) is 17.4. The molecule has 0 bridgehead atoms. The first-order valence-electron chi connectivity index (χ1n) is 7.32. The van der Waals surface area contributed by atoms with Gasteiger partial charge in [-0.3, -0.25) is 0 Å². The van der Waals surface area contributed by atoms with Gasteiger partial charge in [-0.25, -0.2) is 9.59 Å². The highest BCUT2D eigenvalue weighted by molar-refractivity contribution is 5.98. The van der Waals surface area contributed by atoms with Gasteiger partial charge in [-0.2, -0.15) is 0 Å². The maximum absolute atomic E-state index is 12.1. The summed E-state index contributed by atoms with van der Waals surface area (Å²) < 4.78 is 15.0. The third-order valence-electron chi connectivity index (χ3n) is 3.56. The van der Waals surface area contributed by atoms with Gasteiger partial charge in [0, 0.05) is 12.4 Å². The Morgan fingerprint density at radius 1 is 1.12 bits per heavy atom. The lowest BCUT2D eigenvalue weighted by atomic mass is 9.83. The zero-order valence-electron chi connectivity index (χ0n) is 13.7. The predicted octanol–water partition coefficient (Wildman–Crippen LogP) is 1.59. The number of phenols is 1. The van der Waals surface area contributed by atoms with Crippen molar-refractivity contribution in [2.24, 2.45) is 0 Å². The van der Waals surface area contributed by atoms with Crippen molar-refractivity contribution in [3.8, 4) is 11.5 Å². The molecular formula is C17H19NO6. The molecule has 0 aromatic heterocycles. The molecule has 0 amide bonds. The van der Waals surface area contributed by atoms with Crippen molar-refractivity contribution >= 4 is 11.9 Å². The Kier molecular flexibility index (Phi) is 5.47. The third kappa shape index (κ3) is 3.34. The summed E-state index contributed by atoms with van der Waals surface area (Å²) in [7, 11) is 2.53. The standard InChI is InChI=1S/C17H19NO6/c1-4-24-14-7-10(5-6-13(14)19)15-11(16(20)22-2)8-18-9-12(15)17(21)23-3/h5-9,15,18-19H,4H2,1-3H3. The lowest BCUT2D eigenvalue weighted by Gasteiger charge is -2.25. The number of benzene rings is 1.